The van der Waals surface area contributed by atoms with Gasteiger partial charge in [-0.3, -0.25) is 4.90 Å². The minimum Gasteiger partial charge on any atom is -0.394 e. The summed E-state index contributed by atoms with van der Waals surface area (Å²) >= 11 is 6.25. The highest BCUT2D eigenvalue weighted by Crippen LogP contribution is 2.40. The van der Waals surface area contributed by atoms with Crippen LogP contribution in [0.1, 0.15) is 38.2 Å². The zero-order chi connectivity index (χ0) is 15.6. The van der Waals surface area contributed by atoms with E-state index in [0.717, 1.165) is 37.5 Å². The third kappa shape index (κ3) is 3.83. The molecule has 2 fully saturated rings. The highest BCUT2D eigenvalue weighted by atomic mass is 35.5. The minimum absolute atomic E-state index is 0.0738. The average Bonchev–Trinajstić information content (AvgIpc) is 3.37. The molecule has 1 aliphatic heterocycles. The quantitative estimate of drug-likeness (QED) is 0.845. The van der Waals surface area contributed by atoms with Crippen LogP contribution in [0.4, 0.5) is 0 Å². The molecule has 1 aliphatic carbocycles. The molecule has 1 aromatic rings. The standard InChI is InChI=1S/C18H27ClN2O/c1-18(13-22,15-6-7-15)20-16-8-10-21(11-9-16)12-14-4-2-3-5-17(14)19/h2-5,15-16,20,22H,6-13H2,1H3. The van der Waals surface area contributed by atoms with E-state index in [-0.39, 0.29) is 12.1 Å². The second kappa shape index (κ2) is 6.88. The molecule has 4 heteroatoms. The Kier molecular flexibility index (Phi) is 5.08. The Hall–Kier alpha value is -0.610. The summed E-state index contributed by atoms with van der Waals surface area (Å²) in [4.78, 5) is 2.48. The van der Waals surface area contributed by atoms with Gasteiger partial charge in [-0.25, -0.2) is 0 Å². The van der Waals surface area contributed by atoms with E-state index in [1.54, 1.807) is 0 Å². The summed E-state index contributed by atoms with van der Waals surface area (Å²) in [6.07, 6.45) is 4.81. The summed E-state index contributed by atoms with van der Waals surface area (Å²) in [5, 5.41) is 14.3. The Labute approximate surface area is 138 Å². The molecule has 22 heavy (non-hydrogen) atoms. The second-order valence-electron chi connectivity index (χ2n) is 7.14. The van der Waals surface area contributed by atoms with E-state index in [9.17, 15) is 5.11 Å². The first kappa shape index (κ1) is 16.3. The topological polar surface area (TPSA) is 35.5 Å². The molecule has 122 valence electrons. The molecule has 0 radical (unpaired) electrons. The molecule has 1 atom stereocenters. The van der Waals surface area contributed by atoms with Gasteiger partial charge >= 0.3 is 0 Å². The van der Waals surface area contributed by atoms with Crippen molar-refractivity contribution in [2.75, 3.05) is 19.7 Å². The van der Waals surface area contributed by atoms with Crippen LogP contribution in [0.3, 0.4) is 0 Å². The molecule has 0 amide bonds. The summed E-state index contributed by atoms with van der Waals surface area (Å²) in [6.45, 7) is 5.55. The number of likely N-dealkylation sites (tertiary alicyclic amines) is 1. The van der Waals surface area contributed by atoms with Gasteiger partial charge < -0.3 is 10.4 Å². The molecule has 1 saturated heterocycles. The number of rotatable bonds is 6. The lowest BCUT2D eigenvalue weighted by molar-refractivity contribution is 0.113. The van der Waals surface area contributed by atoms with E-state index in [1.165, 1.54) is 18.4 Å². The van der Waals surface area contributed by atoms with E-state index < -0.39 is 0 Å². The zero-order valence-corrected chi connectivity index (χ0v) is 14.1. The lowest BCUT2D eigenvalue weighted by atomic mass is 9.93. The largest absolute Gasteiger partial charge is 0.394 e. The first-order valence-electron chi connectivity index (χ1n) is 8.45. The molecule has 0 spiro atoms. The van der Waals surface area contributed by atoms with Crippen LogP contribution in [0.15, 0.2) is 24.3 Å². The highest BCUT2D eigenvalue weighted by molar-refractivity contribution is 6.31. The van der Waals surface area contributed by atoms with Crippen LogP contribution in [0, 0.1) is 5.92 Å². The van der Waals surface area contributed by atoms with Crippen molar-refractivity contribution >= 4 is 11.6 Å². The molecule has 3 rings (SSSR count). The Morgan fingerprint density at radius 2 is 1.91 bits per heavy atom. The molecule has 2 N–H and O–H groups in total. The normalized spacial score (nSPS) is 23.4. The Balaban J connectivity index is 1.49. The van der Waals surface area contributed by atoms with Crippen molar-refractivity contribution in [2.45, 2.75) is 50.7 Å². The van der Waals surface area contributed by atoms with Gasteiger partial charge in [-0.2, -0.15) is 0 Å². The first-order valence-corrected chi connectivity index (χ1v) is 8.83. The van der Waals surface area contributed by atoms with Crippen LogP contribution in [-0.4, -0.2) is 41.3 Å². The highest BCUT2D eigenvalue weighted by Gasteiger charge is 2.42. The SMILES string of the molecule is CC(CO)(NC1CCN(Cc2ccccc2Cl)CC1)C1CC1. The number of piperidine rings is 1. The van der Waals surface area contributed by atoms with Crippen molar-refractivity contribution in [2.24, 2.45) is 5.92 Å². The van der Waals surface area contributed by atoms with Crippen molar-refractivity contribution < 1.29 is 5.11 Å². The maximum atomic E-state index is 9.72. The fourth-order valence-corrected chi connectivity index (χ4v) is 3.78. The molecule has 1 heterocycles. The first-order chi connectivity index (χ1) is 10.6. The molecule has 2 aliphatic rings. The van der Waals surface area contributed by atoms with Crippen LogP contribution >= 0.6 is 11.6 Å². The summed E-state index contributed by atoms with van der Waals surface area (Å²) in [7, 11) is 0. The molecule has 0 aromatic heterocycles. The fraction of sp³-hybridized carbons (Fsp3) is 0.667. The molecular weight excluding hydrogens is 296 g/mol. The smallest absolute Gasteiger partial charge is 0.0613 e. The maximum absolute atomic E-state index is 9.72. The van der Waals surface area contributed by atoms with Crippen molar-refractivity contribution in [3.63, 3.8) is 0 Å². The zero-order valence-electron chi connectivity index (χ0n) is 13.4. The third-order valence-electron chi connectivity index (χ3n) is 5.28. The number of hydrogen-bond donors (Lipinski definition) is 2. The molecule has 0 bridgehead atoms. The van der Waals surface area contributed by atoms with Crippen LogP contribution < -0.4 is 5.32 Å². The van der Waals surface area contributed by atoms with Gasteiger partial charge in [-0.05, 0) is 63.2 Å². The average molecular weight is 323 g/mol. The summed E-state index contributed by atoms with van der Waals surface area (Å²) in [5.41, 5.74) is 1.14. The predicted molar refractivity (Wildman–Crippen MR) is 91.1 cm³/mol. The van der Waals surface area contributed by atoms with E-state index >= 15 is 0 Å². The van der Waals surface area contributed by atoms with Crippen molar-refractivity contribution in [1.29, 1.82) is 0 Å². The van der Waals surface area contributed by atoms with E-state index in [1.807, 2.05) is 12.1 Å². The lowest BCUT2D eigenvalue weighted by Gasteiger charge is -2.39. The number of aliphatic hydroxyl groups excluding tert-OH is 1. The number of halogens is 1. The summed E-state index contributed by atoms with van der Waals surface area (Å²) < 4.78 is 0. The van der Waals surface area contributed by atoms with E-state index in [2.05, 4.69) is 29.3 Å². The van der Waals surface area contributed by atoms with Gasteiger partial charge in [-0.1, -0.05) is 29.8 Å². The van der Waals surface area contributed by atoms with Crippen LogP contribution in [0.5, 0.6) is 0 Å². The number of nitrogens with zero attached hydrogens (tertiary/aromatic N) is 1. The molecule has 3 nitrogen and oxygen atoms in total. The van der Waals surface area contributed by atoms with Crippen molar-refractivity contribution in [3.05, 3.63) is 34.9 Å². The van der Waals surface area contributed by atoms with Crippen LogP contribution in [-0.2, 0) is 6.54 Å². The Morgan fingerprint density at radius 1 is 1.23 bits per heavy atom. The number of hydrogen-bond acceptors (Lipinski definition) is 3. The van der Waals surface area contributed by atoms with Gasteiger partial charge in [0.05, 0.1) is 6.61 Å². The molecule has 1 aromatic carbocycles. The van der Waals surface area contributed by atoms with Crippen molar-refractivity contribution in [3.8, 4) is 0 Å². The molecular formula is C18H27ClN2O. The van der Waals surface area contributed by atoms with Gasteiger partial charge in [0.2, 0.25) is 0 Å². The predicted octanol–water partition coefficient (Wildman–Crippen LogP) is 3.06. The Morgan fingerprint density at radius 3 is 2.50 bits per heavy atom. The Bertz CT molecular complexity index is 498. The number of nitrogens with one attached hydrogen (secondary N) is 1. The lowest BCUT2D eigenvalue weighted by Crippen LogP contribution is -2.55. The maximum Gasteiger partial charge on any atom is 0.0613 e. The van der Waals surface area contributed by atoms with E-state index in [4.69, 9.17) is 11.6 Å². The second-order valence-corrected chi connectivity index (χ2v) is 7.54. The van der Waals surface area contributed by atoms with Gasteiger partial charge in [0.1, 0.15) is 0 Å². The van der Waals surface area contributed by atoms with Gasteiger partial charge in [0.15, 0.2) is 0 Å². The molecule has 1 unspecified atom stereocenters. The van der Waals surface area contributed by atoms with E-state index in [0.29, 0.717) is 12.0 Å². The van der Waals surface area contributed by atoms with Gasteiger partial charge in [0.25, 0.3) is 0 Å². The summed E-state index contributed by atoms with van der Waals surface area (Å²) in [5.74, 6) is 0.665. The van der Waals surface area contributed by atoms with Crippen molar-refractivity contribution in [1.82, 2.24) is 10.2 Å². The summed E-state index contributed by atoms with van der Waals surface area (Å²) in [6, 6.07) is 8.64. The number of aliphatic hydroxyl groups is 1. The third-order valence-corrected chi connectivity index (χ3v) is 5.65. The van der Waals surface area contributed by atoms with Crippen LogP contribution in [0.25, 0.3) is 0 Å². The minimum atomic E-state index is -0.0738. The van der Waals surface area contributed by atoms with Crippen LogP contribution in [0.2, 0.25) is 5.02 Å². The number of benzene rings is 1. The van der Waals surface area contributed by atoms with Gasteiger partial charge in [-0.15, -0.1) is 0 Å². The van der Waals surface area contributed by atoms with Gasteiger partial charge in [0, 0.05) is 23.1 Å². The fourth-order valence-electron chi connectivity index (χ4n) is 3.58. The molecule has 1 saturated carbocycles. The monoisotopic (exact) mass is 322 g/mol.